The van der Waals surface area contributed by atoms with E-state index in [0.29, 0.717) is 13.0 Å². The highest BCUT2D eigenvalue weighted by atomic mass is 35.5. The van der Waals surface area contributed by atoms with E-state index < -0.39 is 5.54 Å². The van der Waals surface area contributed by atoms with Crippen molar-refractivity contribution in [2.45, 2.75) is 39.2 Å². The second-order valence-corrected chi connectivity index (χ2v) is 4.87. The van der Waals surface area contributed by atoms with Gasteiger partial charge in [-0.25, -0.2) is 0 Å². The fourth-order valence-corrected chi connectivity index (χ4v) is 1.89. The lowest BCUT2D eigenvalue weighted by atomic mass is 9.95. The molecule has 0 aromatic rings. The summed E-state index contributed by atoms with van der Waals surface area (Å²) in [6.45, 7) is 5.90. The number of rotatable bonds is 6. The summed E-state index contributed by atoms with van der Waals surface area (Å²) in [6.07, 6.45) is 1.50. The van der Waals surface area contributed by atoms with Crippen LogP contribution in [0.5, 0.6) is 0 Å². The molecule has 2 unspecified atom stereocenters. The zero-order chi connectivity index (χ0) is 13.6. The van der Waals surface area contributed by atoms with Crippen LogP contribution in [0.1, 0.15) is 33.6 Å². The second-order valence-electron chi connectivity index (χ2n) is 4.87. The van der Waals surface area contributed by atoms with Crippen LogP contribution in [-0.4, -0.2) is 42.9 Å². The third-order valence-corrected chi connectivity index (χ3v) is 2.85. The Morgan fingerprint density at radius 3 is 2.33 bits per heavy atom. The summed E-state index contributed by atoms with van der Waals surface area (Å²) >= 11 is 0. The fourth-order valence-electron chi connectivity index (χ4n) is 1.89. The number of hydrogen-bond acceptors (Lipinski definition) is 3. The Morgan fingerprint density at radius 1 is 1.44 bits per heavy atom. The molecule has 0 aliphatic rings. The Labute approximate surface area is 116 Å². The molecule has 0 saturated carbocycles. The van der Waals surface area contributed by atoms with E-state index in [-0.39, 0.29) is 30.1 Å². The van der Waals surface area contributed by atoms with Gasteiger partial charge in [0, 0.05) is 20.6 Å². The first-order valence-corrected chi connectivity index (χ1v) is 6.02. The average Bonchev–Trinajstić information content (AvgIpc) is 2.26. The van der Waals surface area contributed by atoms with Gasteiger partial charge in [0.1, 0.15) is 0 Å². The van der Waals surface area contributed by atoms with Gasteiger partial charge in [0.25, 0.3) is 0 Å². The molecule has 0 radical (unpaired) electrons. The summed E-state index contributed by atoms with van der Waals surface area (Å²) in [5.41, 5.74) is 5.12. The van der Waals surface area contributed by atoms with Gasteiger partial charge < -0.3 is 16.0 Å². The lowest BCUT2D eigenvalue weighted by Gasteiger charge is -2.30. The van der Waals surface area contributed by atoms with E-state index >= 15 is 0 Å². The molecular formula is C12H26ClN3O2. The molecule has 0 aliphatic carbocycles. The van der Waals surface area contributed by atoms with Gasteiger partial charge in [-0.15, -0.1) is 12.4 Å². The molecule has 2 atom stereocenters. The van der Waals surface area contributed by atoms with Crippen molar-refractivity contribution >= 4 is 24.2 Å². The first-order chi connectivity index (χ1) is 7.76. The van der Waals surface area contributed by atoms with Gasteiger partial charge in [-0.2, -0.15) is 0 Å². The molecular weight excluding hydrogens is 254 g/mol. The topological polar surface area (TPSA) is 75.4 Å². The van der Waals surface area contributed by atoms with Gasteiger partial charge >= 0.3 is 0 Å². The Kier molecular flexibility index (Phi) is 9.03. The minimum Gasteiger partial charge on any atom is -0.359 e. The summed E-state index contributed by atoms with van der Waals surface area (Å²) in [7, 11) is 3.27. The van der Waals surface area contributed by atoms with Gasteiger partial charge in [-0.1, -0.05) is 20.3 Å². The van der Waals surface area contributed by atoms with Crippen LogP contribution in [0, 0.1) is 5.92 Å². The van der Waals surface area contributed by atoms with Crippen LogP contribution in [0.4, 0.5) is 0 Å². The molecule has 0 fully saturated rings. The number of likely N-dealkylation sites (N-methyl/N-ethyl adjacent to an activating group) is 1. The molecule has 0 spiro atoms. The van der Waals surface area contributed by atoms with Crippen molar-refractivity contribution in [3.63, 3.8) is 0 Å². The van der Waals surface area contributed by atoms with Crippen LogP contribution in [0.15, 0.2) is 0 Å². The Balaban J connectivity index is 0. The van der Waals surface area contributed by atoms with E-state index in [1.165, 1.54) is 4.90 Å². The van der Waals surface area contributed by atoms with Crippen LogP contribution in [0.2, 0.25) is 0 Å². The highest BCUT2D eigenvalue weighted by Gasteiger charge is 2.31. The maximum absolute atomic E-state index is 12.1. The van der Waals surface area contributed by atoms with E-state index in [1.807, 2.05) is 6.92 Å². The Hall–Kier alpha value is -0.810. The maximum atomic E-state index is 12.1. The molecule has 5 nitrogen and oxygen atoms in total. The van der Waals surface area contributed by atoms with Gasteiger partial charge in [0.05, 0.1) is 11.5 Å². The van der Waals surface area contributed by atoms with E-state index in [0.717, 1.165) is 6.42 Å². The number of nitrogens with two attached hydrogens (primary N) is 1. The smallest absolute Gasteiger partial charge is 0.242 e. The number of nitrogens with zero attached hydrogens (tertiary/aromatic N) is 1. The number of amides is 2. The number of nitrogens with one attached hydrogen (secondary N) is 1. The SMILES string of the molecule is CCCC(C)(N)C(=O)N(C)CC(C)C(=O)NC.Cl. The normalized spacial score (nSPS) is 15.0. The lowest BCUT2D eigenvalue weighted by Crippen LogP contribution is -2.53. The fraction of sp³-hybridized carbons (Fsp3) is 0.833. The van der Waals surface area contributed by atoms with E-state index in [9.17, 15) is 9.59 Å². The predicted molar refractivity (Wildman–Crippen MR) is 75.6 cm³/mol. The third kappa shape index (κ3) is 5.69. The molecule has 0 rings (SSSR count). The van der Waals surface area contributed by atoms with Crippen LogP contribution >= 0.6 is 12.4 Å². The standard InChI is InChI=1S/C12H25N3O2.ClH/c1-6-7-12(3,13)11(17)15(5)8-9(2)10(16)14-4;/h9H,6-8,13H2,1-5H3,(H,14,16);1H. The lowest BCUT2D eigenvalue weighted by molar-refractivity contribution is -0.136. The molecule has 3 N–H and O–H groups in total. The minimum absolute atomic E-state index is 0. The van der Waals surface area contributed by atoms with Crippen molar-refractivity contribution in [2.75, 3.05) is 20.6 Å². The molecule has 2 amide bonds. The number of hydrogen-bond donors (Lipinski definition) is 2. The van der Waals surface area contributed by atoms with E-state index in [2.05, 4.69) is 5.32 Å². The van der Waals surface area contributed by atoms with Crippen molar-refractivity contribution in [2.24, 2.45) is 11.7 Å². The molecule has 0 heterocycles. The predicted octanol–water partition coefficient (Wildman–Crippen LogP) is 0.766. The molecule has 18 heavy (non-hydrogen) atoms. The van der Waals surface area contributed by atoms with Gasteiger partial charge in [0.2, 0.25) is 11.8 Å². The quantitative estimate of drug-likeness (QED) is 0.754. The number of carbonyl (C=O) groups is 2. The highest BCUT2D eigenvalue weighted by molar-refractivity contribution is 5.86. The first-order valence-electron chi connectivity index (χ1n) is 6.02. The summed E-state index contributed by atoms with van der Waals surface area (Å²) in [4.78, 5) is 25.0. The van der Waals surface area contributed by atoms with Crippen LogP contribution in [0.25, 0.3) is 0 Å². The van der Waals surface area contributed by atoms with Crippen LogP contribution < -0.4 is 11.1 Å². The van der Waals surface area contributed by atoms with E-state index in [1.54, 1.807) is 27.9 Å². The average molecular weight is 280 g/mol. The number of halogens is 1. The summed E-state index contributed by atoms with van der Waals surface area (Å²) in [5, 5.41) is 2.56. The molecule has 0 saturated heterocycles. The monoisotopic (exact) mass is 279 g/mol. The zero-order valence-corrected chi connectivity index (χ0v) is 12.8. The molecule has 108 valence electrons. The number of carbonyl (C=O) groups excluding carboxylic acids is 2. The van der Waals surface area contributed by atoms with Crippen molar-refractivity contribution < 1.29 is 9.59 Å². The largest absolute Gasteiger partial charge is 0.359 e. The first kappa shape index (κ1) is 19.5. The molecule has 0 aromatic heterocycles. The van der Waals surface area contributed by atoms with Crippen molar-refractivity contribution in [3.05, 3.63) is 0 Å². The molecule has 6 heteroatoms. The van der Waals surface area contributed by atoms with Gasteiger partial charge in [-0.3, -0.25) is 9.59 Å². The molecule has 0 aliphatic heterocycles. The summed E-state index contributed by atoms with van der Waals surface area (Å²) in [5.74, 6) is -0.416. The zero-order valence-electron chi connectivity index (χ0n) is 11.9. The minimum atomic E-state index is -0.841. The van der Waals surface area contributed by atoms with E-state index in [4.69, 9.17) is 5.73 Å². The molecule has 0 aromatic carbocycles. The van der Waals surface area contributed by atoms with Gasteiger partial charge in [-0.05, 0) is 13.3 Å². The summed E-state index contributed by atoms with van der Waals surface area (Å²) < 4.78 is 0. The van der Waals surface area contributed by atoms with Gasteiger partial charge in [0.15, 0.2) is 0 Å². The highest BCUT2D eigenvalue weighted by Crippen LogP contribution is 2.13. The third-order valence-electron chi connectivity index (χ3n) is 2.85. The van der Waals surface area contributed by atoms with Crippen molar-refractivity contribution in [1.29, 1.82) is 0 Å². The summed E-state index contributed by atoms with van der Waals surface area (Å²) in [6, 6.07) is 0. The molecule has 0 bridgehead atoms. The Bertz CT molecular complexity index is 282. The maximum Gasteiger partial charge on any atom is 0.242 e. The second kappa shape index (κ2) is 8.32. The van der Waals surface area contributed by atoms with Crippen molar-refractivity contribution in [1.82, 2.24) is 10.2 Å². The van der Waals surface area contributed by atoms with Crippen LogP contribution in [-0.2, 0) is 9.59 Å². The van der Waals surface area contributed by atoms with Crippen molar-refractivity contribution in [3.8, 4) is 0 Å². The van der Waals surface area contributed by atoms with Crippen LogP contribution in [0.3, 0.4) is 0 Å². The Morgan fingerprint density at radius 2 is 1.94 bits per heavy atom.